The molecule has 3 nitrogen and oxygen atoms in total. The normalized spacial score (nSPS) is 26.6. The van der Waals surface area contributed by atoms with Gasteiger partial charge in [0.25, 0.3) is 0 Å². The molecule has 2 unspecified atom stereocenters. The van der Waals surface area contributed by atoms with Gasteiger partial charge in [-0.15, -0.1) is 0 Å². The van der Waals surface area contributed by atoms with Gasteiger partial charge in [0.2, 0.25) is 0 Å². The first-order valence-electron chi connectivity index (χ1n) is 5.02. The van der Waals surface area contributed by atoms with Gasteiger partial charge < -0.3 is 4.42 Å². The number of hydrogen-bond acceptors (Lipinski definition) is 3. The van der Waals surface area contributed by atoms with Crippen LogP contribution in [0.25, 0.3) is 0 Å². The van der Waals surface area contributed by atoms with E-state index < -0.39 is 5.60 Å². The Kier molecular flexibility index (Phi) is 2.16. The van der Waals surface area contributed by atoms with Crippen molar-refractivity contribution in [3.63, 3.8) is 0 Å². The SMILES string of the molecule is CC1CC1c1ccc(C(C)(C)ON)o1. The Hall–Kier alpha value is -0.800. The van der Waals surface area contributed by atoms with Crippen molar-refractivity contribution in [2.24, 2.45) is 11.8 Å². The van der Waals surface area contributed by atoms with Gasteiger partial charge in [-0.2, -0.15) is 0 Å². The summed E-state index contributed by atoms with van der Waals surface area (Å²) in [6, 6.07) is 3.98. The summed E-state index contributed by atoms with van der Waals surface area (Å²) < 4.78 is 5.73. The highest BCUT2D eigenvalue weighted by Crippen LogP contribution is 2.47. The lowest BCUT2D eigenvalue weighted by atomic mass is 10.1. The molecule has 1 saturated carbocycles. The van der Waals surface area contributed by atoms with Gasteiger partial charge in [0.05, 0.1) is 0 Å². The van der Waals surface area contributed by atoms with Gasteiger partial charge in [0, 0.05) is 5.92 Å². The van der Waals surface area contributed by atoms with E-state index in [2.05, 4.69) is 6.92 Å². The Labute approximate surface area is 84.2 Å². The standard InChI is InChI=1S/C11H17NO2/c1-7-6-8(7)9-4-5-10(13-9)11(2,3)14-12/h4-5,7-8H,6,12H2,1-3H3. The fourth-order valence-electron chi connectivity index (χ4n) is 1.65. The molecule has 1 aromatic heterocycles. The largest absolute Gasteiger partial charge is 0.463 e. The van der Waals surface area contributed by atoms with Crippen LogP contribution in [0, 0.1) is 5.92 Å². The minimum Gasteiger partial charge on any atom is -0.463 e. The van der Waals surface area contributed by atoms with Crippen molar-refractivity contribution in [3.05, 3.63) is 23.7 Å². The molecule has 0 saturated heterocycles. The van der Waals surface area contributed by atoms with Crippen molar-refractivity contribution in [1.82, 2.24) is 0 Å². The van der Waals surface area contributed by atoms with Gasteiger partial charge in [-0.1, -0.05) is 6.92 Å². The van der Waals surface area contributed by atoms with Crippen molar-refractivity contribution in [2.45, 2.75) is 38.7 Å². The molecule has 1 aliphatic carbocycles. The topological polar surface area (TPSA) is 48.4 Å². The third-order valence-electron chi connectivity index (χ3n) is 2.99. The number of nitrogens with two attached hydrogens (primary N) is 1. The second-order valence-electron chi connectivity index (χ2n) is 4.65. The number of furan rings is 1. The van der Waals surface area contributed by atoms with E-state index in [0.29, 0.717) is 5.92 Å². The summed E-state index contributed by atoms with van der Waals surface area (Å²) in [5.74, 6) is 8.44. The predicted molar refractivity (Wildman–Crippen MR) is 53.5 cm³/mol. The average molecular weight is 195 g/mol. The summed E-state index contributed by atoms with van der Waals surface area (Å²) in [6.07, 6.45) is 1.23. The fourth-order valence-corrected chi connectivity index (χ4v) is 1.65. The Balaban J connectivity index is 2.17. The van der Waals surface area contributed by atoms with Crippen molar-refractivity contribution in [3.8, 4) is 0 Å². The van der Waals surface area contributed by atoms with Gasteiger partial charge in [-0.05, 0) is 38.3 Å². The Morgan fingerprint density at radius 2 is 2.14 bits per heavy atom. The van der Waals surface area contributed by atoms with Gasteiger partial charge in [-0.25, -0.2) is 5.90 Å². The molecular formula is C11H17NO2. The molecule has 2 atom stereocenters. The van der Waals surface area contributed by atoms with Crippen LogP contribution in [0.3, 0.4) is 0 Å². The smallest absolute Gasteiger partial charge is 0.141 e. The van der Waals surface area contributed by atoms with Crippen molar-refractivity contribution in [1.29, 1.82) is 0 Å². The summed E-state index contributed by atoms with van der Waals surface area (Å²) in [6.45, 7) is 6.02. The molecule has 0 amide bonds. The van der Waals surface area contributed by atoms with Crippen molar-refractivity contribution in [2.75, 3.05) is 0 Å². The van der Waals surface area contributed by atoms with Crippen LogP contribution in [0.1, 0.15) is 44.6 Å². The summed E-state index contributed by atoms with van der Waals surface area (Å²) in [4.78, 5) is 4.87. The van der Waals surface area contributed by atoms with Gasteiger partial charge in [0.1, 0.15) is 17.1 Å². The molecule has 1 fully saturated rings. The molecule has 1 heterocycles. The molecule has 2 N–H and O–H groups in total. The van der Waals surface area contributed by atoms with E-state index >= 15 is 0 Å². The summed E-state index contributed by atoms with van der Waals surface area (Å²) in [5, 5.41) is 0. The number of rotatable bonds is 3. The van der Waals surface area contributed by atoms with E-state index in [0.717, 1.165) is 17.4 Å². The lowest BCUT2D eigenvalue weighted by Gasteiger charge is -2.18. The highest BCUT2D eigenvalue weighted by Gasteiger charge is 2.37. The maximum atomic E-state index is 5.73. The molecule has 3 heteroatoms. The highest BCUT2D eigenvalue weighted by molar-refractivity contribution is 5.20. The van der Waals surface area contributed by atoms with Crippen LogP contribution in [0.5, 0.6) is 0 Å². The van der Waals surface area contributed by atoms with E-state index in [1.807, 2.05) is 26.0 Å². The van der Waals surface area contributed by atoms with Crippen LogP contribution >= 0.6 is 0 Å². The summed E-state index contributed by atoms with van der Waals surface area (Å²) >= 11 is 0. The lowest BCUT2D eigenvalue weighted by Crippen LogP contribution is -2.24. The molecule has 14 heavy (non-hydrogen) atoms. The molecule has 2 rings (SSSR count). The average Bonchev–Trinajstić information content (AvgIpc) is 2.70. The second kappa shape index (κ2) is 3.11. The number of hydrogen-bond donors (Lipinski definition) is 1. The monoisotopic (exact) mass is 195 g/mol. The van der Waals surface area contributed by atoms with Crippen LogP contribution in [0.15, 0.2) is 16.5 Å². The molecule has 0 spiro atoms. The van der Waals surface area contributed by atoms with Crippen molar-refractivity contribution < 1.29 is 9.25 Å². The van der Waals surface area contributed by atoms with E-state index in [9.17, 15) is 0 Å². The van der Waals surface area contributed by atoms with Gasteiger partial charge >= 0.3 is 0 Å². The zero-order chi connectivity index (χ0) is 10.3. The fraction of sp³-hybridized carbons (Fsp3) is 0.636. The maximum Gasteiger partial charge on any atom is 0.141 e. The summed E-state index contributed by atoms with van der Waals surface area (Å²) in [7, 11) is 0. The third-order valence-corrected chi connectivity index (χ3v) is 2.99. The van der Waals surface area contributed by atoms with Crippen LogP contribution in [0.4, 0.5) is 0 Å². The molecule has 1 aliphatic rings. The zero-order valence-electron chi connectivity index (χ0n) is 8.91. The minimum absolute atomic E-state index is 0.531. The summed E-state index contributed by atoms with van der Waals surface area (Å²) in [5.41, 5.74) is -0.531. The molecule has 1 aromatic rings. The highest BCUT2D eigenvalue weighted by atomic mass is 16.6. The van der Waals surface area contributed by atoms with Crippen LogP contribution in [-0.2, 0) is 10.4 Å². The molecule has 0 aliphatic heterocycles. The predicted octanol–water partition coefficient (Wildman–Crippen LogP) is 2.53. The molecule has 0 aromatic carbocycles. The van der Waals surface area contributed by atoms with E-state index in [-0.39, 0.29) is 0 Å². The molecule has 0 radical (unpaired) electrons. The Bertz CT molecular complexity index is 330. The second-order valence-corrected chi connectivity index (χ2v) is 4.65. The van der Waals surface area contributed by atoms with E-state index in [1.54, 1.807) is 0 Å². The van der Waals surface area contributed by atoms with Gasteiger partial charge in [-0.3, -0.25) is 4.84 Å². The minimum atomic E-state index is -0.531. The van der Waals surface area contributed by atoms with E-state index in [1.165, 1.54) is 6.42 Å². The Morgan fingerprint density at radius 1 is 1.50 bits per heavy atom. The molecule has 0 bridgehead atoms. The lowest BCUT2D eigenvalue weighted by molar-refractivity contribution is -0.0394. The van der Waals surface area contributed by atoms with Crippen LogP contribution in [0.2, 0.25) is 0 Å². The van der Waals surface area contributed by atoms with E-state index in [4.69, 9.17) is 15.2 Å². The first-order valence-corrected chi connectivity index (χ1v) is 5.02. The first kappa shape index (κ1) is 9.74. The molecular weight excluding hydrogens is 178 g/mol. The maximum absolute atomic E-state index is 5.73. The zero-order valence-corrected chi connectivity index (χ0v) is 8.91. The van der Waals surface area contributed by atoms with Crippen molar-refractivity contribution >= 4 is 0 Å². The molecule has 78 valence electrons. The van der Waals surface area contributed by atoms with Gasteiger partial charge in [0.15, 0.2) is 0 Å². The van der Waals surface area contributed by atoms with Crippen LogP contribution < -0.4 is 5.90 Å². The Morgan fingerprint density at radius 3 is 2.64 bits per heavy atom. The van der Waals surface area contributed by atoms with Crippen LogP contribution in [-0.4, -0.2) is 0 Å². The third kappa shape index (κ3) is 1.57. The quantitative estimate of drug-likeness (QED) is 0.754. The first-order chi connectivity index (χ1) is 6.54.